The van der Waals surface area contributed by atoms with E-state index >= 15 is 0 Å². The van der Waals surface area contributed by atoms with E-state index in [1.807, 2.05) is 0 Å². The summed E-state index contributed by atoms with van der Waals surface area (Å²) in [6.45, 7) is 5.58. The third-order valence-corrected chi connectivity index (χ3v) is 5.97. The molecule has 0 aromatic heterocycles. The third-order valence-electron chi connectivity index (χ3n) is 4.25. The number of nitrogens with zero attached hydrogens (tertiary/aromatic N) is 1. The fourth-order valence-corrected chi connectivity index (χ4v) is 4.53. The van der Waals surface area contributed by atoms with Crippen LogP contribution in [0.15, 0.2) is 0 Å². The van der Waals surface area contributed by atoms with Gasteiger partial charge in [0, 0.05) is 12.1 Å². The highest BCUT2D eigenvalue weighted by Crippen LogP contribution is 2.22. The van der Waals surface area contributed by atoms with Crippen molar-refractivity contribution in [1.82, 2.24) is 10.2 Å². The zero-order chi connectivity index (χ0) is 13.0. The number of hydrogen-bond donors (Lipinski definition) is 1. The summed E-state index contributed by atoms with van der Waals surface area (Å²) in [6, 6.07) is 1.19. The molecule has 0 atom stereocenters. The Hall–Kier alpha value is -0.130. The lowest BCUT2D eigenvalue weighted by atomic mass is 10.0. The van der Waals surface area contributed by atoms with E-state index in [0.29, 0.717) is 23.6 Å². The molecule has 106 valence electrons. The maximum atomic E-state index is 11.4. The number of rotatable bonds is 4. The Morgan fingerprint density at radius 1 is 1.11 bits per heavy atom. The van der Waals surface area contributed by atoms with Gasteiger partial charge >= 0.3 is 0 Å². The summed E-state index contributed by atoms with van der Waals surface area (Å²) in [5.41, 5.74) is 0. The molecule has 0 radical (unpaired) electrons. The third kappa shape index (κ3) is 3.93. The normalized spacial score (nSPS) is 27.4. The molecule has 2 aliphatic rings. The van der Waals surface area contributed by atoms with Gasteiger partial charge in [-0.2, -0.15) is 0 Å². The standard InChI is InChI=1S/C13H26N2O2S/c1-2-7-14-12-3-8-15(9-4-12)13-5-10-18(16,17)11-6-13/h12-14H,2-11H2,1H3. The predicted octanol–water partition coefficient (Wildman–Crippen LogP) is 1.03. The van der Waals surface area contributed by atoms with Gasteiger partial charge in [-0.05, 0) is 51.7 Å². The molecular formula is C13H26N2O2S. The van der Waals surface area contributed by atoms with Crippen LogP contribution >= 0.6 is 0 Å². The maximum absolute atomic E-state index is 11.4. The maximum Gasteiger partial charge on any atom is 0.150 e. The molecule has 0 spiro atoms. The second-order valence-corrected chi connectivity index (χ2v) is 7.95. The first-order valence-corrected chi connectivity index (χ1v) is 9.11. The van der Waals surface area contributed by atoms with Gasteiger partial charge in [-0.15, -0.1) is 0 Å². The van der Waals surface area contributed by atoms with Crippen LogP contribution < -0.4 is 5.32 Å². The summed E-state index contributed by atoms with van der Waals surface area (Å²) in [4.78, 5) is 2.51. The predicted molar refractivity (Wildman–Crippen MR) is 74.6 cm³/mol. The Kier molecular flexibility index (Phi) is 5.04. The van der Waals surface area contributed by atoms with Gasteiger partial charge in [-0.25, -0.2) is 8.42 Å². The molecular weight excluding hydrogens is 248 g/mol. The minimum absolute atomic E-state index is 0.395. The Morgan fingerprint density at radius 2 is 1.72 bits per heavy atom. The fraction of sp³-hybridized carbons (Fsp3) is 1.00. The van der Waals surface area contributed by atoms with Gasteiger partial charge in [-0.3, -0.25) is 0 Å². The highest BCUT2D eigenvalue weighted by Gasteiger charge is 2.30. The molecule has 0 aliphatic carbocycles. The molecule has 0 saturated carbocycles. The van der Waals surface area contributed by atoms with Gasteiger partial charge in [0.05, 0.1) is 11.5 Å². The van der Waals surface area contributed by atoms with E-state index in [-0.39, 0.29) is 0 Å². The number of piperidine rings is 1. The van der Waals surface area contributed by atoms with Gasteiger partial charge in [0.25, 0.3) is 0 Å². The average Bonchev–Trinajstić information content (AvgIpc) is 2.37. The highest BCUT2D eigenvalue weighted by molar-refractivity contribution is 7.91. The van der Waals surface area contributed by atoms with Crippen molar-refractivity contribution < 1.29 is 8.42 Å². The van der Waals surface area contributed by atoms with Gasteiger partial charge < -0.3 is 10.2 Å². The molecule has 4 nitrogen and oxygen atoms in total. The van der Waals surface area contributed by atoms with Crippen molar-refractivity contribution in [3.05, 3.63) is 0 Å². The van der Waals surface area contributed by atoms with Crippen LogP contribution in [-0.4, -0.2) is 56.5 Å². The average molecular weight is 274 g/mol. The van der Waals surface area contributed by atoms with Crippen molar-refractivity contribution in [2.75, 3.05) is 31.1 Å². The number of hydrogen-bond acceptors (Lipinski definition) is 4. The van der Waals surface area contributed by atoms with E-state index in [4.69, 9.17) is 0 Å². The van der Waals surface area contributed by atoms with Crippen molar-refractivity contribution in [2.45, 2.75) is 51.1 Å². The lowest BCUT2D eigenvalue weighted by molar-refractivity contribution is 0.135. The summed E-state index contributed by atoms with van der Waals surface area (Å²) in [5, 5.41) is 3.59. The molecule has 18 heavy (non-hydrogen) atoms. The van der Waals surface area contributed by atoms with E-state index in [0.717, 1.165) is 32.5 Å². The minimum Gasteiger partial charge on any atom is -0.314 e. The van der Waals surface area contributed by atoms with Crippen LogP contribution in [0.1, 0.15) is 39.0 Å². The molecule has 2 fully saturated rings. The van der Waals surface area contributed by atoms with E-state index in [2.05, 4.69) is 17.1 Å². The van der Waals surface area contributed by atoms with E-state index in [1.165, 1.54) is 19.3 Å². The van der Waals surface area contributed by atoms with E-state index in [9.17, 15) is 8.42 Å². The second kappa shape index (κ2) is 6.35. The first-order valence-electron chi connectivity index (χ1n) is 7.28. The largest absolute Gasteiger partial charge is 0.314 e. The monoisotopic (exact) mass is 274 g/mol. The summed E-state index contributed by atoms with van der Waals surface area (Å²) in [6.07, 6.45) is 5.30. The zero-order valence-electron chi connectivity index (χ0n) is 11.4. The molecule has 2 saturated heterocycles. The number of nitrogens with one attached hydrogen (secondary N) is 1. The lowest BCUT2D eigenvalue weighted by Crippen LogP contribution is -2.49. The Balaban J connectivity index is 1.73. The van der Waals surface area contributed by atoms with E-state index < -0.39 is 9.84 Å². The summed E-state index contributed by atoms with van der Waals surface area (Å²) >= 11 is 0. The highest BCUT2D eigenvalue weighted by atomic mass is 32.2. The van der Waals surface area contributed by atoms with Crippen LogP contribution in [0.5, 0.6) is 0 Å². The molecule has 0 amide bonds. The van der Waals surface area contributed by atoms with Crippen LogP contribution in [0.3, 0.4) is 0 Å². The Bertz CT molecular complexity index is 334. The quantitative estimate of drug-likeness (QED) is 0.832. The fourth-order valence-electron chi connectivity index (χ4n) is 3.06. The molecule has 5 heteroatoms. The Morgan fingerprint density at radius 3 is 2.28 bits per heavy atom. The lowest BCUT2D eigenvalue weighted by Gasteiger charge is -2.39. The summed E-state index contributed by atoms with van der Waals surface area (Å²) in [7, 11) is -2.72. The number of sulfone groups is 1. The number of likely N-dealkylation sites (tertiary alicyclic amines) is 1. The Labute approximate surface area is 111 Å². The summed E-state index contributed by atoms with van der Waals surface area (Å²) in [5.74, 6) is 0.789. The van der Waals surface area contributed by atoms with Crippen molar-refractivity contribution in [3.8, 4) is 0 Å². The van der Waals surface area contributed by atoms with Gasteiger partial charge in [0.1, 0.15) is 9.84 Å². The molecule has 2 heterocycles. The molecule has 1 N–H and O–H groups in total. The zero-order valence-corrected chi connectivity index (χ0v) is 12.2. The van der Waals surface area contributed by atoms with Gasteiger partial charge in [0.15, 0.2) is 0 Å². The van der Waals surface area contributed by atoms with Crippen molar-refractivity contribution in [1.29, 1.82) is 0 Å². The van der Waals surface area contributed by atoms with Crippen LogP contribution in [0.25, 0.3) is 0 Å². The minimum atomic E-state index is -2.72. The van der Waals surface area contributed by atoms with Gasteiger partial charge in [-0.1, -0.05) is 6.92 Å². The molecule has 2 rings (SSSR count). The summed E-state index contributed by atoms with van der Waals surface area (Å²) < 4.78 is 22.8. The SMILES string of the molecule is CCCNC1CCN(C2CCS(=O)(=O)CC2)CC1. The van der Waals surface area contributed by atoms with Crippen LogP contribution in [0, 0.1) is 0 Å². The topological polar surface area (TPSA) is 49.4 Å². The molecule has 2 aliphatic heterocycles. The first kappa shape index (κ1) is 14.3. The van der Waals surface area contributed by atoms with Crippen LogP contribution in [-0.2, 0) is 9.84 Å². The smallest absolute Gasteiger partial charge is 0.150 e. The van der Waals surface area contributed by atoms with Crippen molar-refractivity contribution in [3.63, 3.8) is 0 Å². The molecule has 0 aromatic rings. The second-order valence-electron chi connectivity index (χ2n) is 5.65. The molecule has 0 unspecified atom stereocenters. The first-order chi connectivity index (χ1) is 8.61. The van der Waals surface area contributed by atoms with Gasteiger partial charge in [0.2, 0.25) is 0 Å². The molecule has 0 aromatic carbocycles. The van der Waals surface area contributed by atoms with Crippen molar-refractivity contribution in [2.24, 2.45) is 0 Å². The van der Waals surface area contributed by atoms with Crippen LogP contribution in [0.4, 0.5) is 0 Å². The van der Waals surface area contributed by atoms with Crippen LogP contribution in [0.2, 0.25) is 0 Å². The van der Waals surface area contributed by atoms with Crippen molar-refractivity contribution >= 4 is 9.84 Å². The van der Waals surface area contributed by atoms with E-state index in [1.54, 1.807) is 0 Å². The molecule has 0 bridgehead atoms.